The van der Waals surface area contributed by atoms with Crippen LogP contribution in [0, 0.1) is 0 Å². The second-order valence-corrected chi connectivity index (χ2v) is 7.86. The van der Waals surface area contributed by atoms with Crippen LogP contribution in [0.3, 0.4) is 0 Å². The van der Waals surface area contributed by atoms with Crippen molar-refractivity contribution in [1.82, 2.24) is 4.31 Å². The first-order valence-electron chi connectivity index (χ1n) is 6.57. The van der Waals surface area contributed by atoms with E-state index in [1.165, 1.54) is 29.4 Å². The van der Waals surface area contributed by atoms with Gasteiger partial charge in [0.05, 0.1) is 15.6 Å². The van der Waals surface area contributed by atoms with Crippen LogP contribution in [0.15, 0.2) is 23.1 Å². The van der Waals surface area contributed by atoms with Gasteiger partial charge in [-0.1, -0.05) is 11.6 Å². The highest BCUT2D eigenvalue weighted by molar-refractivity contribution is 7.89. The number of hydrogen-bond acceptors (Lipinski definition) is 3. The lowest BCUT2D eigenvalue weighted by atomic mass is 10.3. The fourth-order valence-corrected chi connectivity index (χ4v) is 3.83. The zero-order valence-electron chi connectivity index (χ0n) is 11.5. The van der Waals surface area contributed by atoms with Gasteiger partial charge < -0.3 is 5.32 Å². The first-order valence-corrected chi connectivity index (χ1v) is 8.82. The number of halogens is 2. The van der Waals surface area contributed by atoms with Crippen molar-refractivity contribution >= 4 is 44.8 Å². The van der Waals surface area contributed by atoms with E-state index >= 15 is 0 Å². The summed E-state index contributed by atoms with van der Waals surface area (Å²) in [5.74, 6) is -0.436. The molecule has 1 heterocycles. The number of nitrogens with zero attached hydrogens (tertiary/aromatic N) is 1. The maximum absolute atomic E-state index is 12.5. The zero-order valence-corrected chi connectivity index (χ0v) is 13.8. The Balaban J connectivity index is 2.32. The van der Waals surface area contributed by atoms with Crippen molar-refractivity contribution in [2.45, 2.75) is 30.0 Å². The van der Waals surface area contributed by atoms with Crippen molar-refractivity contribution in [1.29, 1.82) is 0 Å². The Morgan fingerprint density at radius 2 is 1.95 bits per heavy atom. The van der Waals surface area contributed by atoms with Crippen molar-refractivity contribution in [3.63, 3.8) is 0 Å². The first-order chi connectivity index (χ1) is 9.82. The van der Waals surface area contributed by atoms with E-state index in [1.807, 2.05) is 0 Å². The predicted octanol–water partition coefficient (Wildman–Crippen LogP) is 2.69. The minimum Gasteiger partial charge on any atom is -0.323 e. The van der Waals surface area contributed by atoms with Gasteiger partial charge in [0.15, 0.2) is 0 Å². The molecule has 1 atom stereocenters. The average Bonchev–Trinajstić information content (AvgIpc) is 2.95. The molecule has 21 heavy (non-hydrogen) atoms. The van der Waals surface area contributed by atoms with E-state index in [0.29, 0.717) is 13.1 Å². The molecule has 1 aliphatic heterocycles. The normalized spacial score (nSPS) is 17.7. The molecule has 0 saturated carbocycles. The summed E-state index contributed by atoms with van der Waals surface area (Å²) in [5.41, 5.74) is 0.245. The van der Waals surface area contributed by atoms with E-state index in [4.69, 9.17) is 23.2 Å². The molecule has 1 unspecified atom stereocenters. The van der Waals surface area contributed by atoms with E-state index in [9.17, 15) is 13.2 Å². The van der Waals surface area contributed by atoms with Gasteiger partial charge in [-0.2, -0.15) is 4.31 Å². The number of carbonyl (C=O) groups is 1. The van der Waals surface area contributed by atoms with Crippen LogP contribution in [-0.4, -0.2) is 37.1 Å². The number of benzene rings is 1. The molecule has 2 rings (SSSR count). The number of rotatable bonds is 4. The van der Waals surface area contributed by atoms with Gasteiger partial charge in [-0.25, -0.2) is 8.42 Å². The molecule has 0 spiro atoms. The summed E-state index contributed by atoms with van der Waals surface area (Å²) in [6.45, 7) is 2.56. The maximum atomic E-state index is 12.5. The van der Waals surface area contributed by atoms with Crippen molar-refractivity contribution in [2.24, 2.45) is 0 Å². The lowest BCUT2D eigenvalue weighted by Gasteiger charge is -2.17. The molecule has 0 aliphatic carbocycles. The van der Waals surface area contributed by atoms with Crippen LogP contribution < -0.4 is 5.32 Å². The molecule has 0 radical (unpaired) electrons. The molecule has 1 N–H and O–H groups in total. The lowest BCUT2D eigenvalue weighted by molar-refractivity contribution is -0.115. The van der Waals surface area contributed by atoms with Gasteiger partial charge in [-0.3, -0.25) is 4.79 Å². The number of amides is 1. The Labute approximate surface area is 134 Å². The van der Waals surface area contributed by atoms with Crippen LogP contribution >= 0.6 is 23.2 Å². The number of anilines is 1. The highest BCUT2D eigenvalue weighted by atomic mass is 35.5. The zero-order chi connectivity index (χ0) is 15.6. The van der Waals surface area contributed by atoms with Crippen LogP contribution in [0.4, 0.5) is 5.69 Å². The molecular formula is C13H16Cl2N2O3S. The molecule has 1 aromatic carbocycles. The topological polar surface area (TPSA) is 66.5 Å². The molecule has 8 heteroatoms. The Kier molecular flexibility index (Phi) is 5.14. The maximum Gasteiger partial charge on any atom is 0.243 e. The van der Waals surface area contributed by atoms with Crippen LogP contribution in [0.25, 0.3) is 0 Å². The van der Waals surface area contributed by atoms with E-state index in [-0.39, 0.29) is 15.6 Å². The number of nitrogens with one attached hydrogen (secondary N) is 1. The van der Waals surface area contributed by atoms with E-state index in [1.54, 1.807) is 0 Å². The van der Waals surface area contributed by atoms with Crippen molar-refractivity contribution in [3.8, 4) is 0 Å². The number of carbonyl (C=O) groups excluding carboxylic acids is 1. The fourth-order valence-electron chi connectivity index (χ4n) is 2.07. The molecule has 0 aromatic heterocycles. The first kappa shape index (κ1) is 16.5. The van der Waals surface area contributed by atoms with Gasteiger partial charge >= 0.3 is 0 Å². The molecule has 5 nitrogen and oxygen atoms in total. The third-order valence-electron chi connectivity index (χ3n) is 3.26. The van der Waals surface area contributed by atoms with Crippen LogP contribution in [0.2, 0.25) is 5.02 Å². The van der Waals surface area contributed by atoms with Gasteiger partial charge in [0.25, 0.3) is 0 Å². The third-order valence-corrected chi connectivity index (χ3v) is 5.68. The molecule has 1 aromatic rings. The minimum atomic E-state index is -3.54. The Hall–Kier alpha value is -0.820. The van der Waals surface area contributed by atoms with Gasteiger partial charge in [-0.05, 0) is 38.0 Å². The number of hydrogen-bond donors (Lipinski definition) is 1. The Bertz CT molecular complexity index is 641. The summed E-state index contributed by atoms with van der Waals surface area (Å²) in [4.78, 5) is 11.7. The predicted molar refractivity (Wildman–Crippen MR) is 83.4 cm³/mol. The smallest absolute Gasteiger partial charge is 0.243 e. The van der Waals surface area contributed by atoms with Gasteiger partial charge in [0.1, 0.15) is 5.38 Å². The third kappa shape index (κ3) is 3.69. The van der Waals surface area contributed by atoms with Crippen molar-refractivity contribution < 1.29 is 13.2 Å². The summed E-state index contributed by atoms with van der Waals surface area (Å²) in [7, 11) is -3.54. The number of sulfonamides is 1. The molecule has 1 amide bonds. The molecule has 116 valence electrons. The molecule has 0 bridgehead atoms. The second-order valence-electron chi connectivity index (χ2n) is 4.86. The lowest BCUT2D eigenvalue weighted by Crippen LogP contribution is -2.28. The van der Waals surface area contributed by atoms with Crippen molar-refractivity contribution in [3.05, 3.63) is 23.2 Å². The van der Waals surface area contributed by atoms with Crippen molar-refractivity contribution in [2.75, 3.05) is 18.4 Å². The summed E-state index contributed by atoms with van der Waals surface area (Å²) < 4.78 is 26.4. The Morgan fingerprint density at radius 1 is 1.33 bits per heavy atom. The largest absolute Gasteiger partial charge is 0.323 e. The van der Waals surface area contributed by atoms with Crippen LogP contribution in [0.1, 0.15) is 19.8 Å². The van der Waals surface area contributed by atoms with Crippen LogP contribution in [0.5, 0.6) is 0 Å². The molecule has 1 aliphatic rings. The Morgan fingerprint density at radius 3 is 2.52 bits per heavy atom. The van der Waals surface area contributed by atoms with E-state index in [2.05, 4.69) is 5.32 Å². The summed E-state index contributed by atoms with van der Waals surface area (Å²) in [5, 5.41) is 2.06. The summed E-state index contributed by atoms with van der Waals surface area (Å²) >= 11 is 11.7. The van der Waals surface area contributed by atoms with Gasteiger partial charge in [0, 0.05) is 13.1 Å². The number of alkyl halides is 1. The monoisotopic (exact) mass is 350 g/mol. The highest BCUT2D eigenvalue weighted by Crippen LogP contribution is 2.28. The average molecular weight is 351 g/mol. The second kappa shape index (κ2) is 6.52. The molecule has 1 fully saturated rings. The summed E-state index contributed by atoms with van der Waals surface area (Å²) in [6, 6.07) is 4.27. The van der Waals surface area contributed by atoms with Gasteiger partial charge in [0.2, 0.25) is 15.9 Å². The SMILES string of the molecule is CC(Cl)C(=O)Nc1cc(S(=O)(=O)N2CCCC2)ccc1Cl. The van der Waals surface area contributed by atoms with Gasteiger partial charge in [-0.15, -0.1) is 11.6 Å². The fraction of sp³-hybridized carbons (Fsp3) is 0.462. The molecular weight excluding hydrogens is 335 g/mol. The van der Waals surface area contributed by atoms with Crippen LogP contribution in [-0.2, 0) is 14.8 Å². The quantitative estimate of drug-likeness (QED) is 0.849. The minimum absolute atomic E-state index is 0.117. The molecule has 1 saturated heterocycles. The highest BCUT2D eigenvalue weighted by Gasteiger charge is 2.27. The van der Waals surface area contributed by atoms with E-state index < -0.39 is 21.3 Å². The van der Waals surface area contributed by atoms with E-state index in [0.717, 1.165) is 12.8 Å². The summed E-state index contributed by atoms with van der Waals surface area (Å²) in [6.07, 6.45) is 1.72. The standard InChI is InChI=1S/C13H16Cl2N2O3S/c1-9(14)13(18)16-12-8-10(4-5-11(12)15)21(19,20)17-6-2-3-7-17/h4-5,8-9H,2-3,6-7H2,1H3,(H,16,18).